The van der Waals surface area contributed by atoms with E-state index >= 15 is 0 Å². The third-order valence-electron chi connectivity index (χ3n) is 4.15. The van der Waals surface area contributed by atoms with Crippen molar-refractivity contribution in [3.05, 3.63) is 24.3 Å². The smallest absolute Gasteiger partial charge is 0.112 e. The Kier molecular flexibility index (Phi) is 3.32. The van der Waals surface area contributed by atoms with Gasteiger partial charge in [0, 0.05) is 14.1 Å². The van der Waals surface area contributed by atoms with E-state index in [-0.39, 0.29) is 5.66 Å². The molecule has 0 spiro atoms. The van der Waals surface area contributed by atoms with Gasteiger partial charge in [-0.15, -0.1) is 0 Å². The summed E-state index contributed by atoms with van der Waals surface area (Å²) >= 11 is 0. The second-order valence-electron chi connectivity index (χ2n) is 5.09. The van der Waals surface area contributed by atoms with Gasteiger partial charge < -0.3 is 9.80 Å². The molecule has 0 atom stereocenters. The van der Waals surface area contributed by atoms with Crippen LogP contribution in [0.1, 0.15) is 39.5 Å². The minimum absolute atomic E-state index is 0.188. The van der Waals surface area contributed by atoms with Gasteiger partial charge in [-0.1, -0.05) is 38.8 Å². The first-order valence-electron chi connectivity index (χ1n) is 6.74. The highest BCUT2D eigenvalue weighted by Crippen LogP contribution is 2.46. The first kappa shape index (κ1) is 12.3. The quantitative estimate of drug-likeness (QED) is 0.777. The van der Waals surface area contributed by atoms with Crippen LogP contribution < -0.4 is 9.80 Å². The predicted molar refractivity (Wildman–Crippen MR) is 75.8 cm³/mol. The van der Waals surface area contributed by atoms with Crippen molar-refractivity contribution < 1.29 is 0 Å². The van der Waals surface area contributed by atoms with E-state index in [9.17, 15) is 0 Å². The summed E-state index contributed by atoms with van der Waals surface area (Å²) in [6.45, 7) is 4.56. The molecule has 0 amide bonds. The van der Waals surface area contributed by atoms with Gasteiger partial charge in [-0.3, -0.25) is 0 Å². The molecule has 0 saturated heterocycles. The topological polar surface area (TPSA) is 6.48 Å². The minimum atomic E-state index is 0.188. The number of anilines is 2. The first-order valence-corrected chi connectivity index (χ1v) is 6.74. The van der Waals surface area contributed by atoms with Crippen LogP contribution in [0.15, 0.2) is 24.3 Å². The lowest BCUT2D eigenvalue weighted by atomic mass is 9.96. The maximum atomic E-state index is 2.48. The maximum absolute atomic E-state index is 2.48. The molecule has 0 fully saturated rings. The van der Waals surface area contributed by atoms with Crippen LogP contribution >= 0.6 is 0 Å². The Morgan fingerprint density at radius 1 is 0.882 bits per heavy atom. The molecular formula is C15H24N2. The van der Waals surface area contributed by atoms with E-state index < -0.39 is 0 Å². The van der Waals surface area contributed by atoms with Crippen molar-refractivity contribution in [3.63, 3.8) is 0 Å². The van der Waals surface area contributed by atoms with Crippen molar-refractivity contribution in [3.8, 4) is 0 Å². The Hall–Kier alpha value is -1.18. The third kappa shape index (κ3) is 1.70. The lowest BCUT2D eigenvalue weighted by Gasteiger charge is -2.43. The van der Waals surface area contributed by atoms with Crippen molar-refractivity contribution in [1.82, 2.24) is 0 Å². The van der Waals surface area contributed by atoms with Crippen LogP contribution in [-0.2, 0) is 0 Å². The molecule has 17 heavy (non-hydrogen) atoms. The number of hydrogen-bond acceptors (Lipinski definition) is 2. The number of fused-ring (bicyclic) bond motifs is 1. The van der Waals surface area contributed by atoms with Gasteiger partial charge in [-0.05, 0) is 25.0 Å². The SMILES string of the molecule is CCCC1(CCC)N(C)c2ccccc2N1C. The molecule has 0 aromatic heterocycles. The molecule has 1 aliphatic heterocycles. The molecule has 2 heteroatoms. The molecule has 1 aromatic carbocycles. The summed E-state index contributed by atoms with van der Waals surface area (Å²) in [7, 11) is 4.49. The average molecular weight is 232 g/mol. The summed E-state index contributed by atoms with van der Waals surface area (Å²) in [6.07, 6.45) is 4.90. The first-order chi connectivity index (χ1) is 8.17. The van der Waals surface area contributed by atoms with E-state index in [0.717, 1.165) is 0 Å². The normalized spacial score (nSPS) is 17.4. The number of hydrogen-bond donors (Lipinski definition) is 0. The second-order valence-corrected chi connectivity index (χ2v) is 5.09. The molecule has 0 saturated carbocycles. The van der Waals surface area contributed by atoms with Crippen molar-refractivity contribution in [1.29, 1.82) is 0 Å². The molecule has 0 bridgehead atoms. The summed E-state index contributed by atoms with van der Waals surface area (Å²) < 4.78 is 0. The number of nitrogens with zero attached hydrogens (tertiary/aromatic N) is 2. The monoisotopic (exact) mass is 232 g/mol. The predicted octanol–water partition coefficient (Wildman–Crippen LogP) is 3.87. The minimum Gasteiger partial charge on any atom is -0.350 e. The number of benzene rings is 1. The van der Waals surface area contributed by atoms with Crippen LogP contribution in [0.25, 0.3) is 0 Å². The van der Waals surface area contributed by atoms with Gasteiger partial charge in [0.1, 0.15) is 5.66 Å². The Morgan fingerprint density at radius 2 is 1.29 bits per heavy atom. The number of rotatable bonds is 4. The average Bonchev–Trinajstić information content (AvgIpc) is 2.54. The zero-order valence-corrected chi connectivity index (χ0v) is 11.5. The summed E-state index contributed by atoms with van der Waals surface area (Å²) in [6, 6.07) is 8.74. The van der Waals surface area contributed by atoms with Gasteiger partial charge in [0.05, 0.1) is 11.4 Å². The molecule has 94 valence electrons. The highest BCUT2D eigenvalue weighted by molar-refractivity contribution is 5.78. The zero-order valence-electron chi connectivity index (χ0n) is 11.5. The Labute approximate surface area is 105 Å². The van der Waals surface area contributed by atoms with Gasteiger partial charge in [0.15, 0.2) is 0 Å². The Bertz CT molecular complexity index is 349. The second kappa shape index (κ2) is 4.59. The summed E-state index contributed by atoms with van der Waals surface area (Å²) in [4.78, 5) is 4.96. The zero-order chi connectivity index (χ0) is 12.5. The summed E-state index contributed by atoms with van der Waals surface area (Å²) in [5, 5.41) is 0. The van der Waals surface area contributed by atoms with Crippen molar-refractivity contribution in [2.24, 2.45) is 0 Å². The van der Waals surface area contributed by atoms with Crippen molar-refractivity contribution in [2.75, 3.05) is 23.9 Å². The maximum Gasteiger partial charge on any atom is 0.112 e. The largest absolute Gasteiger partial charge is 0.350 e. The molecule has 1 heterocycles. The fourth-order valence-corrected chi connectivity index (χ4v) is 3.30. The van der Waals surface area contributed by atoms with Gasteiger partial charge in [0.2, 0.25) is 0 Å². The molecule has 0 unspecified atom stereocenters. The van der Waals surface area contributed by atoms with E-state index in [0.29, 0.717) is 0 Å². The molecule has 1 aliphatic rings. The fourth-order valence-electron chi connectivity index (χ4n) is 3.30. The lowest BCUT2D eigenvalue weighted by Crippen LogP contribution is -2.54. The van der Waals surface area contributed by atoms with Gasteiger partial charge in [0.25, 0.3) is 0 Å². The molecule has 0 aliphatic carbocycles. The van der Waals surface area contributed by atoms with Crippen LogP contribution in [0, 0.1) is 0 Å². The van der Waals surface area contributed by atoms with Gasteiger partial charge in [-0.25, -0.2) is 0 Å². The van der Waals surface area contributed by atoms with Gasteiger partial charge in [-0.2, -0.15) is 0 Å². The highest BCUT2D eigenvalue weighted by atomic mass is 15.4. The van der Waals surface area contributed by atoms with Crippen LogP contribution in [0.2, 0.25) is 0 Å². The van der Waals surface area contributed by atoms with Crippen molar-refractivity contribution in [2.45, 2.75) is 45.2 Å². The standard InChI is InChI=1S/C15H24N2/c1-5-11-15(12-6-2)16(3)13-9-7-8-10-14(13)17(15)4/h7-10H,5-6,11-12H2,1-4H3. The van der Waals surface area contributed by atoms with Crippen LogP contribution in [0.3, 0.4) is 0 Å². The molecule has 1 aromatic rings. The molecule has 2 rings (SSSR count). The molecule has 2 nitrogen and oxygen atoms in total. The van der Waals surface area contributed by atoms with E-state index in [2.05, 4.69) is 62.0 Å². The highest BCUT2D eigenvalue weighted by Gasteiger charge is 2.44. The van der Waals surface area contributed by atoms with Crippen LogP contribution in [-0.4, -0.2) is 19.8 Å². The molecule has 0 radical (unpaired) electrons. The summed E-state index contributed by atoms with van der Waals surface area (Å²) in [5.74, 6) is 0. The van der Waals surface area contributed by atoms with E-state index in [4.69, 9.17) is 0 Å². The van der Waals surface area contributed by atoms with Crippen molar-refractivity contribution >= 4 is 11.4 Å². The lowest BCUT2D eigenvalue weighted by molar-refractivity contribution is 0.352. The fraction of sp³-hybridized carbons (Fsp3) is 0.600. The van der Waals surface area contributed by atoms with Crippen LogP contribution in [0.5, 0.6) is 0 Å². The summed E-state index contributed by atoms with van der Waals surface area (Å²) in [5.41, 5.74) is 2.93. The van der Waals surface area contributed by atoms with E-state index in [1.807, 2.05) is 0 Å². The van der Waals surface area contributed by atoms with Gasteiger partial charge >= 0.3 is 0 Å². The Morgan fingerprint density at radius 3 is 1.65 bits per heavy atom. The number of para-hydroxylation sites is 2. The van der Waals surface area contributed by atoms with Crippen LogP contribution in [0.4, 0.5) is 11.4 Å². The third-order valence-corrected chi connectivity index (χ3v) is 4.15. The Balaban J connectivity index is 2.44. The van der Waals surface area contributed by atoms with E-state index in [1.165, 1.54) is 37.1 Å². The molecular weight excluding hydrogens is 208 g/mol. The van der Waals surface area contributed by atoms with E-state index in [1.54, 1.807) is 0 Å². The molecule has 0 N–H and O–H groups in total.